The van der Waals surface area contributed by atoms with Crippen LogP contribution in [0.3, 0.4) is 0 Å². The van der Waals surface area contributed by atoms with Gasteiger partial charge < -0.3 is 30.0 Å². The zero-order valence-corrected chi connectivity index (χ0v) is 21.4. The van der Waals surface area contributed by atoms with Gasteiger partial charge >= 0.3 is 18.2 Å². The van der Waals surface area contributed by atoms with E-state index in [1.54, 1.807) is 20.8 Å². The highest BCUT2D eigenvalue weighted by Crippen LogP contribution is 2.49. The maximum absolute atomic E-state index is 11.8. The lowest BCUT2D eigenvalue weighted by atomic mass is 10.1. The van der Waals surface area contributed by atoms with Gasteiger partial charge in [-0.3, -0.25) is 0 Å². The first kappa shape index (κ1) is 29.1. The van der Waals surface area contributed by atoms with Crippen LogP contribution in [0.4, 0.5) is 9.59 Å². The molecule has 0 aromatic rings. The molecule has 0 aliphatic heterocycles. The fraction of sp³-hybridized carbons (Fsp3) is 0.640. The number of aliphatic carboxylic acids is 1. The molecule has 3 N–H and O–H groups in total. The first-order valence-corrected chi connectivity index (χ1v) is 11.3. The number of carboxylic acid groups (broad SMARTS) is 1. The summed E-state index contributed by atoms with van der Waals surface area (Å²) in [6.07, 6.45) is 3.30. The second-order valence-electron chi connectivity index (χ2n) is 10.5. The van der Waals surface area contributed by atoms with Crippen molar-refractivity contribution in [2.75, 3.05) is 6.61 Å². The van der Waals surface area contributed by atoms with E-state index in [0.29, 0.717) is 18.8 Å². The van der Waals surface area contributed by atoms with Crippen molar-refractivity contribution >= 4 is 18.2 Å². The minimum atomic E-state index is -1.22. The number of rotatable bonds is 8. The standard InChI is InChI=1S/C14H23NO3.C11H17NO4/c1-7-11-9-14(11,10(3)17-8-2)15-12(16)18-13(4,5)6;1-5-7-6-11(7,8(13)14)12-9(15)16-10(2,3)4/h7,11H,1,3,8-9H2,2,4-6H3,(H,15,16);5,7H,1,6H2,2-4H3,(H,12,15)(H,13,14)/t11-,14?;7-,11-/m00/s1. The summed E-state index contributed by atoms with van der Waals surface area (Å²) in [5.74, 6) is -0.550. The molecule has 34 heavy (non-hydrogen) atoms. The number of nitrogens with one attached hydrogen (secondary N) is 2. The van der Waals surface area contributed by atoms with Gasteiger partial charge in [-0.15, -0.1) is 13.2 Å². The first-order chi connectivity index (χ1) is 15.5. The summed E-state index contributed by atoms with van der Waals surface area (Å²) in [6.45, 7) is 24.2. The van der Waals surface area contributed by atoms with Crippen molar-refractivity contribution in [3.63, 3.8) is 0 Å². The van der Waals surface area contributed by atoms with Crippen LogP contribution in [0.2, 0.25) is 0 Å². The van der Waals surface area contributed by atoms with E-state index >= 15 is 0 Å². The fourth-order valence-corrected chi connectivity index (χ4v) is 3.40. The molecule has 2 rings (SSSR count). The summed E-state index contributed by atoms with van der Waals surface area (Å²) in [5.41, 5.74) is -2.91. The Morgan fingerprint density at radius 2 is 1.29 bits per heavy atom. The Kier molecular flexibility index (Phi) is 9.00. The Labute approximate surface area is 202 Å². The molecule has 2 aliphatic carbocycles. The highest BCUT2D eigenvalue weighted by atomic mass is 16.6. The Morgan fingerprint density at radius 1 is 0.912 bits per heavy atom. The number of hydrogen-bond acceptors (Lipinski definition) is 6. The number of alkyl carbamates (subject to hydrolysis) is 2. The van der Waals surface area contributed by atoms with E-state index < -0.39 is 40.4 Å². The van der Waals surface area contributed by atoms with Gasteiger partial charge in [-0.25, -0.2) is 14.4 Å². The van der Waals surface area contributed by atoms with Gasteiger partial charge in [0.25, 0.3) is 0 Å². The van der Waals surface area contributed by atoms with E-state index in [9.17, 15) is 14.4 Å². The normalized spacial score (nSPS) is 27.0. The molecule has 0 spiro atoms. The molecule has 2 fully saturated rings. The van der Waals surface area contributed by atoms with E-state index in [1.165, 1.54) is 6.08 Å². The zero-order chi connectivity index (χ0) is 26.5. The van der Waals surface area contributed by atoms with E-state index in [2.05, 4.69) is 30.4 Å². The molecule has 0 saturated heterocycles. The predicted molar refractivity (Wildman–Crippen MR) is 129 cm³/mol. The van der Waals surface area contributed by atoms with Gasteiger partial charge in [-0.2, -0.15) is 0 Å². The predicted octanol–water partition coefficient (Wildman–Crippen LogP) is 4.55. The fourth-order valence-electron chi connectivity index (χ4n) is 3.40. The minimum absolute atomic E-state index is 0.157. The second-order valence-corrected chi connectivity index (χ2v) is 10.5. The molecule has 9 heteroatoms. The van der Waals surface area contributed by atoms with E-state index in [-0.39, 0.29) is 11.8 Å². The maximum Gasteiger partial charge on any atom is 0.408 e. The van der Waals surface area contributed by atoms with Crippen LogP contribution in [0.15, 0.2) is 37.6 Å². The molecular formula is C25H40N2O7. The van der Waals surface area contributed by atoms with Crippen LogP contribution in [-0.4, -0.2) is 52.1 Å². The first-order valence-electron chi connectivity index (χ1n) is 11.3. The van der Waals surface area contributed by atoms with Gasteiger partial charge in [-0.05, 0) is 61.3 Å². The van der Waals surface area contributed by atoms with Crippen LogP contribution in [0.1, 0.15) is 61.3 Å². The molecule has 0 aromatic heterocycles. The van der Waals surface area contributed by atoms with Gasteiger partial charge in [0, 0.05) is 11.8 Å². The van der Waals surface area contributed by atoms with Gasteiger partial charge in [0.2, 0.25) is 0 Å². The number of carbonyl (C=O) groups is 3. The number of carbonyl (C=O) groups excluding carboxylic acids is 2. The third-order valence-corrected chi connectivity index (χ3v) is 5.24. The summed E-state index contributed by atoms with van der Waals surface area (Å²) in [4.78, 5) is 34.3. The van der Waals surface area contributed by atoms with E-state index in [0.717, 1.165) is 6.42 Å². The van der Waals surface area contributed by atoms with E-state index in [4.69, 9.17) is 19.3 Å². The van der Waals surface area contributed by atoms with Crippen molar-refractivity contribution in [2.24, 2.45) is 11.8 Å². The highest BCUT2D eigenvalue weighted by molar-refractivity contribution is 5.88. The lowest BCUT2D eigenvalue weighted by Gasteiger charge is -2.25. The number of hydrogen-bond donors (Lipinski definition) is 3. The number of carboxylic acids is 1. The van der Waals surface area contributed by atoms with Gasteiger partial charge in [0.1, 0.15) is 28.0 Å². The summed E-state index contributed by atoms with van der Waals surface area (Å²) in [6, 6.07) is 0. The maximum atomic E-state index is 11.8. The number of ether oxygens (including phenoxy) is 3. The topological polar surface area (TPSA) is 123 Å². The molecule has 2 saturated carbocycles. The summed E-state index contributed by atoms with van der Waals surface area (Å²) in [5, 5.41) is 14.3. The molecule has 9 nitrogen and oxygen atoms in total. The number of amides is 2. The summed E-state index contributed by atoms with van der Waals surface area (Å²) >= 11 is 0. The van der Waals surface area contributed by atoms with Crippen molar-refractivity contribution in [3.8, 4) is 0 Å². The second kappa shape index (κ2) is 10.5. The Hall–Kier alpha value is -2.97. The van der Waals surface area contributed by atoms with Crippen molar-refractivity contribution in [3.05, 3.63) is 37.6 Å². The third-order valence-electron chi connectivity index (χ3n) is 5.24. The van der Waals surface area contributed by atoms with Gasteiger partial charge in [0.05, 0.1) is 6.61 Å². The molecule has 2 aliphatic rings. The summed E-state index contributed by atoms with van der Waals surface area (Å²) in [7, 11) is 0. The quantitative estimate of drug-likeness (QED) is 0.344. The average Bonchev–Trinajstić information content (AvgIpc) is 3.54. The van der Waals surface area contributed by atoms with Crippen molar-refractivity contribution in [1.82, 2.24) is 10.6 Å². The molecule has 0 bridgehead atoms. The SMILES string of the molecule is C=C[C@H]1CC1(NC(=O)OC(C)(C)C)C(=C)OCC.C=C[C@H]1C[C@@]1(NC(=O)OC(C)(C)C)C(=O)O. The third kappa shape index (κ3) is 7.81. The van der Waals surface area contributed by atoms with Crippen LogP contribution < -0.4 is 10.6 Å². The molecule has 2 amide bonds. The van der Waals surface area contributed by atoms with Crippen LogP contribution in [0.25, 0.3) is 0 Å². The monoisotopic (exact) mass is 480 g/mol. The molecule has 0 heterocycles. The van der Waals surface area contributed by atoms with Crippen molar-refractivity contribution in [1.29, 1.82) is 0 Å². The largest absolute Gasteiger partial charge is 0.496 e. The molecule has 4 atom stereocenters. The smallest absolute Gasteiger partial charge is 0.408 e. The van der Waals surface area contributed by atoms with Crippen LogP contribution in [-0.2, 0) is 19.0 Å². The molecule has 0 aromatic carbocycles. The molecule has 0 radical (unpaired) electrons. The van der Waals surface area contributed by atoms with Crippen LogP contribution in [0, 0.1) is 11.8 Å². The van der Waals surface area contributed by atoms with E-state index in [1.807, 2.05) is 33.8 Å². The van der Waals surface area contributed by atoms with Crippen molar-refractivity contribution in [2.45, 2.75) is 83.6 Å². The van der Waals surface area contributed by atoms with Crippen molar-refractivity contribution < 1.29 is 33.7 Å². The Bertz CT molecular complexity index is 824. The Balaban J connectivity index is 0.000000342. The molecule has 192 valence electrons. The average molecular weight is 481 g/mol. The van der Waals surface area contributed by atoms with Gasteiger partial charge in [0.15, 0.2) is 0 Å². The lowest BCUT2D eigenvalue weighted by molar-refractivity contribution is -0.141. The molecule has 1 unspecified atom stereocenters. The zero-order valence-electron chi connectivity index (χ0n) is 21.4. The van der Waals surface area contributed by atoms with Gasteiger partial charge in [-0.1, -0.05) is 18.7 Å². The highest BCUT2D eigenvalue weighted by Gasteiger charge is 2.61. The minimum Gasteiger partial charge on any atom is -0.496 e. The van der Waals surface area contributed by atoms with Crippen LogP contribution >= 0.6 is 0 Å². The summed E-state index contributed by atoms with van der Waals surface area (Å²) < 4.78 is 15.7. The Morgan fingerprint density at radius 3 is 1.59 bits per heavy atom. The lowest BCUT2D eigenvalue weighted by Crippen LogP contribution is -2.46. The molecular weight excluding hydrogens is 440 g/mol. The van der Waals surface area contributed by atoms with Crippen LogP contribution in [0.5, 0.6) is 0 Å².